The zero-order valence-electron chi connectivity index (χ0n) is 6.84. The van der Waals surface area contributed by atoms with Crippen molar-refractivity contribution >= 4 is 0 Å². The van der Waals surface area contributed by atoms with Gasteiger partial charge in [0, 0.05) is 18.0 Å². The third-order valence-electron chi connectivity index (χ3n) is 1.78. The quantitative estimate of drug-likeness (QED) is 0.734. The highest BCUT2D eigenvalue weighted by molar-refractivity contribution is 5.18. The molecule has 0 aliphatic heterocycles. The molecule has 0 bridgehead atoms. The molecule has 0 unspecified atom stereocenters. The average Bonchev–Trinajstić information content (AvgIpc) is 2.04. The first-order chi connectivity index (χ1) is 5.86. The van der Waals surface area contributed by atoms with E-state index < -0.39 is 11.8 Å². The molecule has 1 N–H and O–H groups in total. The molecule has 5 heteroatoms. The number of alkyl halides is 3. The van der Waals surface area contributed by atoms with Crippen LogP contribution in [0.2, 0.25) is 0 Å². The molecular formula is C8H8F3NO. The van der Waals surface area contributed by atoms with Crippen molar-refractivity contribution in [2.24, 2.45) is 0 Å². The SMILES string of the molecule is C[C@@](O)(c1cccnc1)C(F)(F)F. The van der Waals surface area contributed by atoms with Crippen molar-refractivity contribution in [3.05, 3.63) is 30.1 Å². The standard InChI is InChI=1S/C8H8F3NO/c1-7(13,8(9,10)11)6-3-2-4-12-5-6/h2-5,13H,1H3/t7-/m1/s1. The van der Waals surface area contributed by atoms with Gasteiger partial charge in [0.25, 0.3) is 0 Å². The molecule has 0 aliphatic carbocycles. The van der Waals surface area contributed by atoms with Gasteiger partial charge in [-0.25, -0.2) is 0 Å². The topological polar surface area (TPSA) is 33.1 Å². The first-order valence-corrected chi connectivity index (χ1v) is 3.55. The van der Waals surface area contributed by atoms with Crippen molar-refractivity contribution in [2.45, 2.75) is 18.7 Å². The monoisotopic (exact) mass is 191 g/mol. The number of aliphatic hydroxyl groups is 1. The van der Waals surface area contributed by atoms with E-state index in [-0.39, 0.29) is 5.56 Å². The largest absolute Gasteiger partial charge is 0.421 e. The van der Waals surface area contributed by atoms with Gasteiger partial charge >= 0.3 is 6.18 Å². The van der Waals surface area contributed by atoms with Gasteiger partial charge in [0.1, 0.15) is 0 Å². The van der Waals surface area contributed by atoms with Gasteiger partial charge in [-0.15, -0.1) is 0 Å². The van der Waals surface area contributed by atoms with Gasteiger partial charge in [-0.05, 0) is 13.0 Å². The summed E-state index contributed by atoms with van der Waals surface area (Å²) in [5.74, 6) is 0. The predicted octanol–water partition coefficient (Wildman–Crippen LogP) is 1.85. The molecule has 1 atom stereocenters. The minimum Gasteiger partial charge on any atom is -0.376 e. The molecule has 2 nitrogen and oxygen atoms in total. The highest BCUT2D eigenvalue weighted by atomic mass is 19.4. The van der Waals surface area contributed by atoms with E-state index in [9.17, 15) is 13.2 Å². The van der Waals surface area contributed by atoms with Crippen LogP contribution in [0.1, 0.15) is 12.5 Å². The Morgan fingerprint density at radius 3 is 2.38 bits per heavy atom. The van der Waals surface area contributed by atoms with Crippen molar-refractivity contribution in [1.82, 2.24) is 4.98 Å². The first kappa shape index (κ1) is 9.98. The Hall–Kier alpha value is -1.10. The zero-order chi connectivity index (χ0) is 10.1. The maximum atomic E-state index is 12.2. The second kappa shape index (κ2) is 2.99. The Morgan fingerprint density at radius 2 is 2.00 bits per heavy atom. The van der Waals surface area contributed by atoms with Gasteiger partial charge in [0.15, 0.2) is 5.60 Å². The second-order valence-corrected chi connectivity index (χ2v) is 2.81. The fraction of sp³-hybridized carbons (Fsp3) is 0.375. The van der Waals surface area contributed by atoms with Crippen LogP contribution in [-0.2, 0) is 5.60 Å². The molecule has 72 valence electrons. The Bertz CT molecular complexity index is 281. The van der Waals surface area contributed by atoms with Crippen molar-refractivity contribution in [2.75, 3.05) is 0 Å². The molecule has 1 aromatic rings. The molecule has 1 heterocycles. The van der Waals surface area contributed by atoms with Crippen LogP contribution in [-0.4, -0.2) is 16.3 Å². The van der Waals surface area contributed by atoms with Crippen LogP contribution in [0.25, 0.3) is 0 Å². The average molecular weight is 191 g/mol. The molecule has 0 amide bonds. The van der Waals surface area contributed by atoms with Gasteiger partial charge in [-0.1, -0.05) is 6.07 Å². The van der Waals surface area contributed by atoms with Gasteiger partial charge in [-0.3, -0.25) is 4.98 Å². The lowest BCUT2D eigenvalue weighted by molar-refractivity contribution is -0.259. The Kier molecular flexibility index (Phi) is 2.30. The number of rotatable bonds is 1. The molecule has 0 saturated carbocycles. The lowest BCUT2D eigenvalue weighted by Crippen LogP contribution is -2.39. The molecule has 0 aromatic carbocycles. The highest BCUT2D eigenvalue weighted by Crippen LogP contribution is 2.37. The summed E-state index contributed by atoms with van der Waals surface area (Å²) in [6.07, 6.45) is -2.35. The molecular weight excluding hydrogens is 183 g/mol. The minimum absolute atomic E-state index is 0.262. The van der Waals surface area contributed by atoms with Crippen LogP contribution in [0.5, 0.6) is 0 Å². The first-order valence-electron chi connectivity index (χ1n) is 3.55. The van der Waals surface area contributed by atoms with E-state index in [0.29, 0.717) is 6.92 Å². The van der Waals surface area contributed by atoms with E-state index in [1.807, 2.05) is 0 Å². The third-order valence-corrected chi connectivity index (χ3v) is 1.78. The molecule has 1 aromatic heterocycles. The summed E-state index contributed by atoms with van der Waals surface area (Å²) in [7, 11) is 0. The van der Waals surface area contributed by atoms with E-state index >= 15 is 0 Å². The summed E-state index contributed by atoms with van der Waals surface area (Å²) in [6, 6.07) is 2.52. The molecule has 0 radical (unpaired) electrons. The Balaban J connectivity index is 3.08. The number of halogens is 3. The van der Waals surface area contributed by atoms with E-state index in [1.165, 1.54) is 18.3 Å². The van der Waals surface area contributed by atoms with Crippen molar-refractivity contribution < 1.29 is 18.3 Å². The Labute approximate surface area is 73.0 Å². The number of nitrogens with zero attached hydrogens (tertiary/aromatic N) is 1. The van der Waals surface area contributed by atoms with Gasteiger partial charge < -0.3 is 5.11 Å². The predicted molar refractivity (Wildman–Crippen MR) is 39.9 cm³/mol. The maximum absolute atomic E-state index is 12.2. The van der Waals surface area contributed by atoms with E-state index in [0.717, 1.165) is 6.20 Å². The van der Waals surface area contributed by atoms with Crippen LogP contribution in [0, 0.1) is 0 Å². The lowest BCUT2D eigenvalue weighted by atomic mass is 9.97. The summed E-state index contributed by atoms with van der Waals surface area (Å²) < 4.78 is 36.7. The van der Waals surface area contributed by atoms with Crippen LogP contribution in [0.15, 0.2) is 24.5 Å². The van der Waals surface area contributed by atoms with Crippen LogP contribution < -0.4 is 0 Å². The summed E-state index contributed by atoms with van der Waals surface area (Å²) >= 11 is 0. The molecule has 0 aliphatic rings. The van der Waals surface area contributed by atoms with Crippen molar-refractivity contribution in [1.29, 1.82) is 0 Å². The van der Waals surface area contributed by atoms with E-state index in [2.05, 4.69) is 4.98 Å². The summed E-state index contributed by atoms with van der Waals surface area (Å²) in [5.41, 5.74) is -3.09. The Morgan fingerprint density at radius 1 is 1.38 bits per heavy atom. The van der Waals surface area contributed by atoms with Crippen LogP contribution in [0.4, 0.5) is 13.2 Å². The lowest BCUT2D eigenvalue weighted by Gasteiger charge is -2.25. The van der Waals surface area contributed by atoms with E-state index in [4.69, 9.17) is 5.11 Å². The van der Waals surface area contributed by atoms with E-state index in [1.54, 1.807) is 0 Å². The summed E-state index contributed by atoms with van der Waals surface area (Å²) in [4.78, 5) is 3.50. The smallest absolute Gasteiger partial charge is 0.376 e. The normalized spacial score (nSPS) is 16.7. The number of hydrogen-bond acceptors (Lipinski definition) is 2. The fourth-order valence-electron chi connectivity index (χ4n) is 0.814. The third kappa shape index (κ3) is 1.80. The van der Waals surface area contributed by atoms with Gasteiger partial charge in [-0.2, -0.15) is 13.2 Å². The fourth-order valence-corrected chi connectivity index (χ4v) is 0.814. The number of pyridine rings is 1. The summed E-state index contributed by atoms with van der Waals surface area (Å²) in [6.45, 7) is 0.698. The van der Waals surface area contributed by atoms with Gasteiger partial charge in [0.05, 0.1) is 0 Å². The molecule has 1 rings (SSSR count). The maximum Gasteiger partial charge on any atom is 0.421 e. The second-order valence-electron chi connectivity index (χ2n) is 2.81. The molecule has 0 spiro atoms. The zero-order valence-corrected chi connectivity index (χ0v) is 6.84. The van der Waals surface area contributed by atoms with Crippen LogP contribution >= 0.6 is 0 Å². The summed E-state index contributed by atoms with van der Waals surface area (Å²) in [5, 5.41) is 9.16. The van der Waals surface area contributed by atoms with Gasteiger partial charge in [0.2, 0.25) is 0 Å². The number of aromatic nitrogens is 1. The van der Waals surface area contributed by atoms with Crippen LogP contribution in [0.3, 0.4) is 0 Å². The molecule has 0 fully saturated rings. The highest BCUT2D eigenvalue weighted by Gasteiger charge is 2.51. The molecule has 13 heavy (non-hydrogen) atoms. The molecule has 0 saturated heterocycles. The van der Waals surface area contributed by atoms with Crippen molar-refractivity contribution in [3.63, 3.8) is 0 Å². The number of hydrogen-bond donors (Lipinski definition) is 1. The minimum atomic E-state index is -4.68. The van der Waals surface area contributed by atoms with Crippen molar-refractivity contribution in [3.8, 4) is 0 Å².